The van der Waals surface area contributed by atoms with Gasteiger partial charge in [-0.25, -0.2) is 9.37 Å². The van der Waals surface area contributed by atoms with Crippen LogP contribution in [0.4, 0.5) is 10.2 Å². The van der Waals surface area contributed by atoms with Gasteiger partial charge in [-0.2, -0.15) is 5.26 Å². The Balaban J connectivity index is 2.41. The molecule has 1 aromatic carbocycles. The van der Waals surface area contributed by atoms with Crippen molar-refractivity contribution >= 4 is 17.4 Å². The summed E-state index contributed by atoms with van der Waals surface area (Å²) in [6, 6.07) is 6.56. The van der Waals surface area contributed by atoms with Gasteiger partial charge < -0.3 is 5.73 Å². The van der Waals surface area contributed by atoms with Gasteiger partial charge in [-0.15, -0.1) is 0 Å². The van der Waals surface area contributed by atoms with Crippen molar-refractivity contribution in [1.29, 1.82) is 5.26 Å². The van der Waals surface area contributed by atoms with E-state index in [1.54, 1.807) is 12.1 Å². The number of pyridine rings is 1. The van der Waals surface area contributed by atoms with Crippen molar-refractivity contribution in [1.82, 2.24) is 4.98 Å². The summed E-state index contributed by atoms with van der Waals surface area (Å²) in [6.45, 7) is 0. The zero-order valence-corrected chi connectivity index (χ0v) is 12.0. The maximum Gasteiger partial charge on any atom is 0.142 e. The third-order valence-corrected chi connectivity index (χ3v) is 4.14. The van der Waals surface area contributed by atoms with Crippen molar-refractivity contribution in [3.63, 3.8) is 0 Å². The van der Waals surface area contributed by atoms with Crippen LogP contribution in [-0.4, -0.2) is 4.98 Å². The molecule has 1 aliphatic carbocycles. The molecule has 1 aromatic heterocycles. The molecule has 0 fully saturated rings. The normalized spacial score (nSPS) is 13.6. The van der Waals surface area contributed by atoms with Gasteiger partial charge in [0.15, 0.2) is 0 Å². The van der Waals surface area contributed by atoms with Crippen molar-refractivity contribution < 1.29 is 4.39 Å². The molecule has 0 unspecified atom stereocenters. The highest BCUT2D eigenvalue weighted by molar-refractivity contribution is 6.33. The molecule has 2 N–H and O–H groups in total. The molecule has 5 heteroatoms. The first-order valence-corrected chi connectivity index (χ1v) is 7.17. The predicted molar refractivity (Wildman–Crippen MR) is 80.4 cm³/mol. The second-order valence-corrected chi connectivity index (χ2v) is 5.50. The summed E-state index contributed by atoms with van der Waals surface area (Å²) in [5.74, 6) is -0.301. The number of aromatic nitrogens is 1. The zero-order valence-electron chi connectivity index (χ0n) is 11.3. The van der Waals surface area contributed by atoms with Crippen molar-refractivity contribution in [3.05, 3.63) is 45.9 Å². The smallest absolute Gasteiger partial charge is 0.142 e. The van der Waals surface area contributed by atoms with E-state index in [9.17, 15) is 9.65 Å². The third kappa shape index (κ3) is 2.24. The highest BCUT2D eigenvalue weighted by atomic mass is 35.5. The fourth-order valence-electron chi connectivity index (χ4n) is 2.89. The molecule has 1 heterocycles. The van der Waals surface area contributed by atoms with Crippen molar-refractivity contribution in [2.75, 3.05) is 5.73 Å². The van der Waals surface area contributed by atoms with Crippen LogP contribution in [0.5, 0.6) is 0 Å². The van der Waals surface area contributed by atoms with E-state index in [0.29, 0.717) is 5.56 Å². The lowest BCUT2D eigenvalue weighted by Crippen LogP contribution is -2.12. The Labute approximate surface area is 127 Å². The standard InChI is InChI=1S/C16H13ClFN3/c17-11-5-3-6-12(18)15(11)14-9-4-1-2-7-13(9)21-16(20)10(14)8-19/h3,5-6H,1-2,4,7H2,(H2,20,21). The molecule has 0 radical (unpaired) electrons. The van der Waals surface area contributed by atoms with Crippen LogP contribution < -0.4 is 5.73 Å². The topological polar surface area (TPSA) is 62.7 Å². The zero-order chi connectivity index (χ0) is 15.0. The maximum atomic E-state index is 14.3. The number of nitrogens with two attached hydrogens (primary N) is 1. The van der Waals surface area contributed by atoms with E-state index in [1.165, 1.54) is 6.07 Å². The van der Waals surface area contributed by atoms with Crippen LogP contribution in [0.2, 0.25) is 5.02 Å². The van der Waals surface area contributed by atoms with Gasteiger partial charge in [0, 0.05) is 16.8 Å². The van der Waals surface area contributed by atoms with Crippen LogP contribution in [-0.2, 0) is 12.8 Å². The van der Waals surface area contributed by atoms with Crippen LogP contribution in [0, 0.1) is 17.1 Å². The SMILES string of the molecule is N#Cc1c(N)nc2c(c1-c1c(F)cccc1Cl)CCCC2. The molecule has 21 heavy (non-hydrogen) atoms. The summed E-state index contributed by atoms with van der Waals surface area (Å²) in [5, 5.41) is 9.69. The average molecular weight is 302 g/mol. The number of fused-ring (bicyclic) bond motifs is 1. The van der Waals surface area contributed by atoms with Gasteiger partial charge in [0.2, 0.25) is 0 Å². The van der Waals surface area contributed by atoms with E-state index in [-0.39, 0.29) is 22.0 Å². The highest BCUT2D eigenvalue weighted by Crippen LogP contribution is 2.40. The molecule has 2 aromatic rings. The summed E-state index contributed by atoms with van der Waals surface area (Å²) in [7, 11) is 0. The minimum absolute atomic E-state index is 0.146. The number of nitrogens with zero attached hydrogens (tertiary/aromatic N) is 2. The minimum atomic E-state index is -0.447. The second-order valence-electron chi connectivity index (χ2n) is 5.09. The first kappa shape index (κ1) is 13.8. The van der Waals surface area contributed by atoms with Gasteiger partial charge in [-0.3, -0.25) is 0 Å². The molecule has 0 saturated heterocycles. The highest BCUT2D eigenvalue weighted by Gasteiger charge is 2.25. The van der Waals surface area contributed by atoms with Gasteiger partial charge in [0.1, 0.15) is 23.3 Å². The first-order valence-electron chi connectivity index (χ1n) is 6.79. The number of aryl methyl sites for hydroxylation is 1. The monoisotopic (exact) mass is 301 g/mol. The fraction of sp³-hybridized carbons (Fsp3) is 0.250. The summed E-state index contributed by atoms with van der Waals surface area (Å²) in [6.07, 6.45) is 3.57. The van der Waals surface area contributed by atoms with E-state index in [2.05, 4.69) is 11.1 Å². The number of anilines is 1. The largest absolute Gasteiger partial charge is 0.383 e. The number of halogens is 2. The Kier molecular flexibility index (Phi) is 3.52. The average Bonchev–Trinajstić information content (AvgIpc) is 2.46. The summed E-state index contributed by atoms with van der Waals surface area (Å²) < 4.78 is 14.3. The van der Waals surface area contributed by atoms with E-state index < -0.39 is 5.82 Å². The predicted octanol–water partition coefficient (Wildman–Crippen LogP) is 3.87. The van der Waals surface area contributed by atoms with E-state index in [0.717, 1.165) is 36.9 Å². The van der Waals surface area contributed by atoms with Gasteiger partial charge >= 0.3 is 0 Å². The number of hydrogen-bond donors (Lipinski definition) is 1. The van der Waals surface area contributed by atoms with E-state index in [4.69, 9.17) is 17.3 Å². The lowest BCUT2D eigenvalue weighted by Gasteiger charge is -2.21. The van der Waals surface area contributed by atoms with Gasteiger partial charge in [-0.05, 0) is 43.4 Å². The van der Waals surface area contributed by atoms with Gasteiger partial charge in [0.25, 0.3) is 0 Å². The van der Waals surface area contributed by atoms with E-state index in [1.807, 2.05) is 0 Å². The third-order valence-electron chi connectivity index (χ3n) is 3.83. The maximum absolute atomic E-state index is 14.3. The summed E-state index contributed by atoms with van der Waals surface area (Å²) >= 11 is 6.18. The first-order chi connectivity index (χ1) is 10.1. The Hall–Kier alpha value is -2.12. The Morgan fingerprint density at radius 3 is 2.71 bits per heavy atom. The van der Waals surface area contributed by atoms with Crippen LogP contribution in [0.3, 0.4) is 0 Å². The molecule has 3 rings (SSSR count). The molecule has 106 valence electrons. The number of nitriles is 1. The molecule has 0 atom stereocenters. The van der Waals surface area contributed by atoms with E-state index >= 15 is 0 Å². The number of nitrogen functional groups attached to an aromatic ring is 1. The number of benzene rings is 1. The van der Waals surface area contributed by atoms with Gasteiger partial charge in [0.05, 0.1) is 5.02 Å². The molecule has 1 aliphatic rings. The Bertz CT molecular complexity index is 745. The van der Waals surface area contributed by atoms with Crippen molar-refractivity contribution in [2.45, 2.75) is 25.7 Å². The summed E-state index contributed by atoms with van der Waals surface area (Å²) in [4.78, 5) is 4.32. The number of hydrogen-bond acceptors (Lipinski definition) is 3. The fourth-order valence-corrected chi connectivity index (χ4v) is 3.15. The molecular formula is C16H13ClFN3. The quantitative estimate of drug-likeness (QED) is 0.869. The second kappa shape index (κ2) is 5.34. The molecule has 0 saturated carbocycles. The lowest BCUT2D eigenvalue weighted by molar-refractivity contribution is 0.629. The number of rotatable bonds is 1. The molecule has 0 amide bonds. The minimum Gasteiger partial charge on any atom is -0.383 e. The van der Waals surface area contributed by atoms with Crippen LogP contribution in [0.1, 0.15) is 29.7 Å². The van der Waals surface area contributed by atoms with Gasteiger partial charge in [-0.1, -0.05) is 17.7 Å². The lowest BCUT2D eigenvalue weighted by atomic mass is 9.86. The molecule has 0 aliphatic heterocycles. The molecular weight excluding hydrogens is 289 g/mol. The van der Waals surface area contributed by atoms with Crippen LogP contribution in [0.25, 0.3) is 11.1 Å². The van der Waals surface area contributed by atoms with Crippen molar-refractivity contribution in [3.8, 4) is 17.2 Å². The molecule has 3 nitrogen and oxygen atoms in total. The summed E-state index contributed by atoms with van der Waals surface area (Å²) in [5.41, 5.74) is 8.63. The molecule has 0 bridgehead atoms. The van der Waals surface area contributed by atoms with Crippen LogP contribution in [0.15, 0.2) is 18.2 Å². The molecule has 0 spiro atoms. The van der Waals surface area contributed by atoms with Crippen molar-refractivity contribution in [2.24, 2.45) is 0 Å². The Morgan fingerprint density at radius 1 is 1.24 bits per heavy atom. The Morgan fingerprint density at radius 2 is 2.00 bits per heavy atom. The van der Waals surface area contributed by atoms with Crippen LogP contribution >= 0.6 is 11.6 Å².